The minimum atomic E-state index is -0.852. The standard InChI is InChI=1S/C12H17NO3/c1-9-4-3-5-10(8-9)16-7-6-11(13-2)12(14)15/h3-5,8,11,13H,6-7H2,1-2H3,(H,14,15). The van der Waals surface area contributed by atoms with E-state index in [0.29, 0.717) is 13.0 Å². The highest BCUT2D eigenvalue weighted by Gasteiger charge is 2.14. The summed E-state index contributed by atoms with van der Waals surface area (Å²) in [5, 5.41) is 11.5. The van der Waals surface area contributed by atoms with E-state index in [9.17, 15) is 4.79 Å². The number of aryl methyl sites for hydroxylation is 1. The normalized spacial score (nSPS) is 12.1. The molecule has 0 spiro atoms. The molecule has 0 aliphatic rings. The van der Waals surface area contributed by atoms with E-state index in [1.165, 1.54) is 0 Å². The zero-order valence-electron chi connectivity index (χ0n) is 9.56. The van der Waals surface area contributed by atoms with Crippen LogP contribution in [0.15, 0.2) is 24.3 Å². The summed E-state index contributed by atoms with van der Waals surface area (Å²) in [6.07, 6.45) is 0.444. The molecular weight excluding hydrogens is 206 g/mol. The number of aliphatic carboxylic acids is 1. The van der Waals surface area contributed by atoms with Crippen molar-refractivity contribution in [3.8, 4) is 5.75 Å². The van der Waals surface area contributed by atoms with Gasteiger partial charge in [0.15, 0.2) is 0 Å². The molecule has 88 valence electrons. The number of carboxylic acids is 1. The Kier molecular flexibility index (Phi) is 4.79. The number of hydrogen-bond donors (Lipinski definition) is 2. The smallest absolute Gasteiger partial charge is 0.320 e. The molecule has 16 heavy (non-hydrogen) atoms. The molecule has 0 aliphatic heterocycles. The van der Waals surface area contributed by atoms with Crippen molar-refractivity contribution >= 4 is 5.97 Å². The predicted molar refractivity (Wildman–Crippen MR) is 61.8 cm³/mol. The second-order valence-electron chi connectivity index (χ2n) is 3.63. The van der Waals surface area contributed by atoms with Gasteiger partial charge in [-0.05, 0) is 31.7 Å². The molecule has 1 aromatic rings. The second kappa shape index (κ2) is 6.12. The molecule has 0 bridgehead atoms. The summed E-state index contributed by atoms with van der Waals surface area (Å²) in [6, 6.07) is 7.14. The Balaban J connectivity index is 2.38. The van der Waals surface area contributed by atoms with Gasteiger partial charge in [0.25, 0.3) is 0 Å². The van der Waals surface area contributed by atoms with Crippen LogP contribution in [0.2, 0.25) is 0 Å². The van der Waals surface area contributed by atoms with E-state index in [4.69, 9.17) is 9.84 Å². The number of ether oxygens (including phenoxy) is 1. The maximum atomic E-state index is 10.7. The molecule has 1 atom stereocenters. The maximum absolute atomic E-state index is 10.7. The highest BCUT2D eigenvalue weighted by Crippen LogP contribution is 2.12. The van der Waals surface area contributed by atoms with Gasteiger partial charge in [-0.2, -0.15) is 0 Å². The van der Waals surface area contributed by atoms with Gasteiger partial charge in [-0.1, -0.05) is 12.1 Å². The average Bonchev–Trinajstić information content (AvgIpc) is 2.24. The number of likely N-dealkylation sites (N-methyl/N-ethyl adjacent to an activating group) is 1. The van der Waals surface area contributed by atoms with Gasteiger partial charge >= 0.3 is 5.97 Å². The van der Waals surface area contributed by atoms with Crippen LogP contribution < -0.4 is 10.1 Å². The lowest BCUT2D eigenvalue weighted by Crippen LogP contribution is -2.35. The van der Waals surface area contributed by atoms with Gasteiger partial charge in [-0.15, -0.1) is 0 Å². The van der Waals surface area contributed by atoms with Crippen LogP contribution >= 0.6 is 0 Å². The molecule has 0 radical (unpaired) electrons. The lowest BCUT2D eigenvalue weighted by atomic mass is 10.2. The first-order chi connectivity index (χ1) is 7.63. The van der Waals surface area contributed by atoms with Crippen molar-refractivity contribution < 1.29 is 14.6 Å². The Morgan fingerprint density at radius 2 is 2.31 bits per heavy atom. The molecule has 1 unspecified atom stereocenters. The van der Waals surface area contributed by atoms with Gasteiger partial charge in [-0.25, -0.2) is 0 Å². The van der Waals surface area contributed by atoms with E-state index in [-0.39, 0.29) is 0 Å². The third-order valence-corrected chi connectivity index (χ3v) is 2.31. The molecule has 1 aromatic carbocycles. The van der Waals surface area contributed by atoms with Crippen LogP contribution in [0.5, 0.6) is 5.75 Å². The third kappa shape index (κ3) is 3.90. The Hall–Kier alpha value is -1.55. The van der Waals surface area contributed by atoms with E-state index >= 15 is 0 Å². The maximum Gasteiger partial charge on any atom is 0.320 e. The molecule has 0 amide bonds. The van der Waals surface area contributed by atoms with Crippen molar-refractivity contribution in [3.63, 3.8) is 0 Å². The summed E-state index contributed by atoms with van der Waals surface area (Å²) in [6.45, 7) is 2.38. The van der Waals surface area contributed by atoms with Gasteiger partial charge in [0, 0.05) is 6.42 Å². The summed E-state index contributed by atoms with van der Waals surface area (Å²) in [5.74, 6) is -0.0735. The van der Waals surface area contributed by atoms with Crippen LogP contribution in [-0.2, 0) is 4.79 Å². The Morgan fingerprint density at radius 1 is 1.56 bits per heavy atom. The quantitative estimate of drug-likeness (QED) is 0.766. The number of carboxylic acid groups (broad SMARTS) is 1. The molecular formula is C12H17NO3. The SMILES string of the molecule is CNC(CCOc1cccc(C)c1)C(=O)O. The number of nitrogens with one attached hydrogen (secondary N) is 1. The van der Waals surface area contributed by atoms with Crippen molar-refractivity contribution in [1.29, 1.82) is 0 Å². The first-order valence-electron chi connectivity index (χ1n) is 5.23. The van der Waals surface area contributed by atoms with E-state index in [2.05, 4.69) is 5.32 Å². The van der Waals surface area contributed by atoms with E-state index in [0.717, 1.165) is 11.3 Å². The fourth-order valence-corrected chi connectivity index (χ4v) is 1.39. The number of rotatable bonds is 6. The van der Waals surface area contributed by atoms with Gasteiger partial charge in [0.2, 0.25) is 0 Å². The Bertz CT molecular complexity index is 352. The van der Waals surface area contributed by atoms with Crippen LogP contribution in [0.4, 0.5) is 0 Å². The average molecular weight is 223 g/mol. The van der Waals surface area contributed by atoms with E-state index in [1.807, 2.05) is 31.2 Å². The highest BCUT2D eigenvalue weighted by atomic mass is 16.5. The van der Waals surface area contributed by atoms with Crippen LogP contribution in [0.1, 0.15) is 12.0 Å². The number of carbonyl (C=O) groups is 1. The first-order valence-corrected chi connectivity index (χ1v) is 5.23. The topological polar surface area (TPSA) is 58.6 Å². The van der Waals surface area contributed by atoms with Crippen LogP contribution in [0.25, 0.3) is 0 Å². The Labute approximate surface area is 95.2 Å². The van der Waals surface area contributed by atoms with Crippen molar-refractivity contribution in [2.24, 2.45) is 0 Å². The summed E-state index contributed by atoms with van der Waals surface area (Å²) >= 11 is 0. The zero-order valence-corrected chi connectivity index (χ0v) is 9.56. The monoisotopic (exact) mass is 223 g/mol. The molecule has 0 saturated heterocycles. The van der Waals surface area contributed by atoms with Crippen LogP contribution in [0, 0.1) is 6.92 Å². The summed E-state index contributed by atoms with van der Waals surface area (Å²) in [7, 11) is 1.63. The second-order valence-corrected chi connectivity index (χ2v) is 3.63. The highest BCUT2D eigenvalue weighted by molar-refractivity contribution is 5.73. The number of hydrogen-bond acceptors (Lipinski definition) is 3. The van der Waals surface area contributed by atoms with Gasteiger partial charge in [0.05, 0.1) is 6.61 Å². The van der Waals surface area contributed by atoms with Gasteiger partial charge in [-0.3, -0.25) is 4.79 Å². The molecule has 0 fully saturated rings. The van der Waals surface area contributed by atoms with Crippen LogP contribution in [-0.4, -0.2) is 30.8 Å². The molecule has 4 nitrogen and oxygen atoms in total. The van der Waals surface area contributed by atoms with Gasteiger partial charge in [0.1, 0.15) is 11.8 Å². The van der Waals surface area contributed by atoms with E-state index in [1.54, 1.807) is 7.05 Å². The minimum Gasteiger partial charge on any atom is -0.494 e. The lowest BCUT2D eigenvalue weighted by molar-refractivity contribution is -0.139. The summed E-state index contributed by atoms with van der Waals surface area (Å²) in [4.78, 5) is 10.7. The molecule has 0 aliphatic carbocycles. The minimum absolute atomic E-state index is 0.390. The predicted octanol–water partition coefficient (Wildman–Crippen LogP) is 1.44. The van der Waals surface area contributed by atoms with Crippen molar-refractivity contribution in [3.05, 3.63) is 29.8 Å². The molecule has 0 aromatic heterocycles. The first kappa shape index (κ1) is 12.5. The molecule has 2 N–H and O–H groups in total. The van der Waals surface area contributed by atoms with Crippen LogP contribution in [0.3, 0.4) is 0 Å². The summed E-state index contributed by atoms with van der Waals surface area (Å²) in [5.41, 5.74) is 1.13. The van der Waals surface area contributed by atoms with Crippen molar-refractivity contribution in [1.82, 2.24) is 5.32 Å². The van der Waals surface area contributed by atoms with Crippen molar-refractivity contribution in [2.75, 3.05) is 13.7 Å². The van der Waals surface area contributed by atoms with E-state index < -0.39 is 12.0 Å². The third-order valence-electron chi connectivity index (χ3n) is 2.31. The lowest BCUT2D eigenvalue weighted by Gasteiger charge is -2.12. The summed E-state index contributed by atoms with van der Waals surface area (Å²) < 4.78 is 5.47. The zero-order chi connectivity index (χ0) is 12.0. The fraction of sp³-hybridized carbons (Fsp3) is 0.417. The Morgan fingerprint density at radius 3 is 2.88 bits per heavy atom. The van der Waals surface area contributed by atoms with Gasteiger partial charge < -0.3 is 15.2 Å². The number of benzene rings is 1. The molecule has 0 saturated carbocycles. The fourth-order valence-electron chi connectivity index (χ4n) is 1.39. The molecule has 0 heterocycles. The molecule has 4 heteroatoms. The molecule has 1 rings (SSSR count). The van der Waals surface area contributed by atoms with Crippen molar-refractivity contribution in [2.45, 2.75) is 19.4 Å². The largest absolute Gasteiger partial charge is 0.494 e.